The van der Waals surface area contributed by atoms with Gasteiger partial charge in [0, 0.05) is 12.0 Å². The van der Waals surface area contributed by atoms with Crippen LogP contribution in [0.1, 0.15) is 59.2 Å². The summed E-state index contributed by atoms with van der Waals surface area (Å²) in [7, 11) is 0. The van der Waals surface area contributed by atoms with E-state index in [1.807, 2.05) is 20.8 Å². The largest absolute Gasteiger partial charge is 0.439 e. The molecule has 1 N–H and O–H groups in total. The van der Waals surface area contributed by atoms with Crippen LogP contribution >= 0.6 is 0 Å². The lowest BCUT2D eigenvalue weighted by Gasteiger charge is -2.10. The van der Waals surface area contributed by atoms with Gasteiger partial charge in [0.2, 0.25) is 0 Å². The molecule has 0 unspecified atom stereocenters. The number of hydrogen-bond acceptors (Lipinski definition) is 5. The second-order valence-corrected chi connectivity index (χ2v) is 5.83. The number of carbonyl (C=O) groups excluding carboxylic acids is 1. The number of hydrogen-bond donors (Lipinski definition) is 1. The van der Waals surface area contributed by atoms with Gasteiger partial charge in [0.25, 0.3) is 5.91 Å². The lowest BCUT2D eigenvalue weighted by Crippen LogP contribution is -2.29. The van der Waals surface area contributed by atoms with Crippen molar-refractivity contribution in [1.82, 2.24) is 15.5 Å². The summed E-state index contributed by atoms with van der Waals surface area (Å²) in [5, 5.41) is 6.61. The smallest absolute Gasteiger partial charge is 0.417 e. The Balaban J connectivity index is 2.22. The topological polar surface area (TPSA) is 77.2 Å². The molecule has 6 heteroatoms. The maximum Gasteiger partial charge on any atom is 0.417 e. The predicted molar refractivity (Wildman–Crippen MR) is 75.6 cm³/mol. The Morgan fingerprint density at radius 3 is 2.65 bits per heavy atom. The van der Waals surface area contributed by atoms with Crippen molar-refractivity contribution in [3.05, 3.63) is 5.82 Å². The van der Waals surface area contributed by atoms with Gasteiger partial charge in [0.05, 0.1) is 0 Å². The maximum absolute atomic E-state index is 11.5. The van der Waals surface area contributed by atoms with Crippen molar-refractivity contribution in [3.63, 3.8) is 0 Å². The molecule has 0 saturated heterocycles. The molecular formula is C14H25N3O3. The van der Waals surface area contributed by atoms with E-state index in [4.69, 9.17) is 9.26 Å². The van der Waals surface area contributed by atoms with Crippen LogP contribution in [-0.2, 0) is 10.2 Å². The highest BCUT2D eigenvalue weighted by atomic mass is 16.6. The minimum absolute atomic E-state index is 0.0380. The molecule has 114 valence electrons. The number of nitrogens with one attached hydrogen (secondary N) is 1. The zero-order valence-electron chi connectivity index (χ0n) is 12.9. The first-order chi connectivity index (χ1) is 9.43. The van der Waals surface area contributed by atoms with Crippen molar-refractivity contribution in [3.8, 4) is 6.08 Å². The SMILES string of the molecule is CCCCCCNC(=O)COc1nc(C(C)(C)C)no1. The highest BCUT2D eigenvalue weighted by molar-refractivity contribution is 5.77. The fourth-order valence-corrected chi connectivity index (χ4v) is 1.53. The second kappa shape index (κ2) is 7.87. The average Bonchev–Trinajstić information content (AvgIpc) is 2.85. The molecule has 1 rings (SSSR count). The van der Waals surface area contributed by atoms with Crippen molar-refractivity contribution >= 4 is 5.91 Å². The quantitative estimate of drug-likeness (QED) is 0.741. The summed E-state index contributed by atoms with van der Waals surface area (Å²) in [4.78, 5) is 15.6. The third-order valence-electron chi connectivity index (χ3n) is 2.76. The van der Waals surface area contributed by atoms with Gasteiger partial charge in [-0.05, 0) is 6.42 Å². The highest BCUT2D eigenvalue weighted by Crippen LogP contribution is 2.20. The van der Waals surface area contributed by atoms with Crippen LogP contribution in [0.25, 0.3) is 0 Å². The minimum atomic E-state index is -0.202. The van der Waals surface area contributed by atoms with Gasteiger partial charge >= 0.3 is 6.08 Å². The third kappa shape index (κ3) is 6.04. The van der Waals surface area contributed by atoms with Crippen molar-refractivity contribution < 1.29 is 14.1 Å². The molecule has 0 radical (unpaired) electrons. The van der Waals surface area contributed by atoms with E-state index >= 15 is 0 Å². The van der Waals surface area contributed by atoms with Crippen molar-refractivity contribution in [1.29, 1.82) is 0 Å². The Kier molecular flexibility index (Phi) is 6.48. The summed E-state index contributed by atoms with van der Waals surface area (Å²) in [6.07, 6.45) is 4.55. The predicted octanol–water partition coefficient (Wildman–Crippen LogP) is 2.44. The Labute approximate surface area is 120 Å². The van der Waals surface area contributed by atoms with E-state index in [9.17, 15) is 4.79 Å². The molecule has 0 aliphatic heterocycles. The van der Waals surface area contributed by atoms with Gasteiger partial charge in [-0.25, -0.2) is 0 Å². The average molecular weight is 283 g/mol. The van der Waals surface area contributed by atoms with Crippen LogP contribution in [0.2, 0.25) is 0 Å². The molecule has 0 spiro atoms. The van der Waals surface area contributed by atoms with Crippen LogP contribution in [0.3, 0.4) is 0 Å². The lowest BCUT2D eigenvalue weighted by molar-refractivity contribution is -0.123. The van der Waals surface area contributed by atoms with E-state index in [-0.39, 0.29) is 24.0 Å². The summed E-state index contributed by atoms with van der Waals surface area (Å²) >= 11 is 0. The molecule has 0 aromatic carbocycles. The van der Waals surface area contributed by atoms with Crippen LogP contribution in [0, 0.1) is 0 Å². The van der Waals surface area contributed by atoms with Crippen molar-refractivity contribution in [2.45, 2.75) is 58.8 Å². The minimum Gasteiger partial charge on any atom is -0.439 e. The second-order valence-electron chi connectivity index (χ2n) is 5.83. The normalized spacial score (nSPS) is 11.4. The number of amides is 1. The number of nitrogens with zero attached hydrogens (tertiary/aromatic N) is 2. The van der Waals surface area contributed by atoms with Gasteiger partial charge in [0.1, 0.15) is 0 Å². The number of unbranched alkanes of at least 4 members (excludes halogenated alkanes) is 3. The van der Waals surface area contributed by atoms with Gasteiger partial charge in [0.15, 0.2) is 12.4 Å². The molecule has 1 aromatic heterocycles. The van der Waals surface area contributed by atoms with E-state index < -0.39 is 0 Å². The van der Waals surface area contributed by atoms with E-state index in [1.165, 1.54) is 12.8 Å². The van der Waals surface area contributed by atoms with Gasteiger partial charge in [-0.3, -0.25) is 9.32 Å². The van der Waals surface area contributed by atoms with Gasteiger partial charge in [-0.15, -0.1) is 0 Å². The maximum atomic E-state index is 11.5. The molecule has 6 nitrogen and oxygen atoms in total. The van der Waals surface area contributed by atoms with Crippen molar-refractivity contribution in [2.75, 3.05) is 13.2 Å². The zero-order chi connectivity index (χ0) is 15.0. The molecule has 0 bridgehead atoms. The standard InChI is InChI=1S/C14H25N3O3/c1-5-6-7-8-9-15-11(18)10-19-13-16-12(17-20-13)14(2,3)4/h5-10H2,1-4H3,(H,15,18). The monoisotopic (exact) mass is 283 g/mol. The van der Waals surface area contributed by atoms with Crippen LogP contribution in [0.5, 0.6) is 6.08 Å². The number of carbonyl (C=O) groups is 1. The van der Waals surface area contributed by atoms with Crippen LogP contribution in [0.15, 0.2) is 4.52 Å². The molecular weight excluding hydrogens is 258 g/mol. The Hall–Kier alpha value is -1.59. The molecule has 1 heterocycles. The third-order valence-corrected chi connectivity index (χ3v) is 2.76. The summed E-state index contributed by atoms with van der Waals surface area (Å²) < 4.78 is 10.1. The Bertz CT molecular complexity index is 410. The molecule has 0 saturated carbocycles. The number of rotatable bonds is 8. The summed E-state index contributed by atoms with van der Waals surface area (Å²) in [6.45, 7) is 8.67. The first-order valence-electron chi connectivity index (χ1n) is 7.17. The molecule has 1 aromatic rings. The molecule has 0 fully saturated rings. The van der Waals surface area contributed by atoms with Gasteiger partial charge < -0.3 is 10.1 Å². The van der Waals surface area contributed by atoms with E-state index in [1.54, 1.807) is 0 Å². The van der Waals surface area contributed by atoms with Gasteiger partial charge in [-0.2, -0.15) is 4.98 Å². The molecule has 0 atom stereocenters. The zero-order valence-corrected chi connectivity index (χ0v) is 12.9. The van der Waals surface area contributed by atoms with E-state index in [2.05, 4.69) is 22.4 Å². The first-order valence-corrected chi connectivity index (χ1v) is 7.17. The van der Waals surface area contributed by atoms with Crippen molar-refractivity contribution in [2.24, 2.45) is 0 Å². The van der Waals surface area contributed by atoms with E-state index in [0.29, 0.717) is 12.4 Å². The lowest BCUT2D eigenvalue weighted by atomic mass is 9.96. The molecule has 0 aliphatic carbocycles. The number of aromatic nitrogens is 2. The van der Waals surface area contributed by atoms with Crippen LogP contribution in [0.4, 0.5) is 0 Å². The Morgan fingerprint density at radius 1 is 1.30 bits per heavy atom. The summed E-state index contributed by atoms with van der Waals surface area (Å²) in [5.41, 5.74) is -0.202. The summed E-state index contributed by atoms with van der Waals surface area (Å²) in [5.74, 6) is 0.393. The van der Waals surface area contributed by atoms with Crippen LogP contribution < -0.4 is 10.1 Å². The first kappa shape index (κ1) is 16.5. The molecule has 20 heavy (non-hydrogen) atoms. The fourth-order valence-electron chi connectivity index (χ4n) is 1.53. The molecule has 0 aliphatic rings. The number of ether oxygens (including phenoxy) is 1. The Morgan fingerprint density at radius 2 is 2.05 bits per heavy atom. The van der Waals surface area contributed by atoms with Gasteiger partial charge in [-0.1, -0.05) is 52.1 Å². The fraction of sp³-hybridized carbons (Fsp3) is 0.786. The van der Waals surface area contributed by atoms with Crippen LogP contribution in [-0.4, -0.2) is 29.2 Å². The highest BCUT2D eigenvalue weighted by Gasteiger charge is 2.21. The van der Waals surface area contributed by atoms with E-state index in [0.717, 1.165) is 12.8 Å². The molecule has 1 amide bonds. The summed E-state index contributed by atoms with van der Waals surface area (Å²) in [6, 6.07) is 0.